The predicted octanol–water partition coefficient (Wildman–Crippen LogP) is 5.11. The quantitative estimate of drug-likeness (QED) is 0.0854. The first-order chi connectivity index (χ1) is 34.2. The molecule has 6 atom stereocenters. The van der Waals surface area contributed by atoms with Gasteiger partial charge in [-0.15, -0.1) is 34.0 Å². The van der Waals surface area contributed by atoms with Crippen LogP contribution in [0.25, 0.3) is 21.1 Å². The number of anilines is 6. The summed E-state index contributed by atoms with van der Waals surface area (Å²) in [5, 5.41) is 36.6. The lowest BCUT2D eigenvalue weighted by Crippen LogP contribution is -2.33. The molecule has 3 saturated heterocycles. The topological polar surface area (TPSA) is 271 Å². The van der Waals surface area contributed by atoms with Crippen LogP contribution < -0.4 is 36.5 Å². The number of piperidine rings is 3. The average Bonchev–Trinajstić information content (AvgIpc) is 3.99. The summed E-state index contributed by atoms with van der Waals surface area (Å²) in [5.41, 5.74) is 7.26. The summed E-state index contributed by atoms with van der Waals surface area (Å²) in [6.45, 7) is 4.68. The molecule has 3 saturated carbocycles. The third-order valence-electron chi connectivity index (χ3n) is 12.3. The highest BCUT2D eigenvalue weighted by Gasteiger charge is 2.73. The van der Waals surface area contributed by atoms with Crippen molar-refractivity contribution in [1.82, 2.24) is 44.9 Å². The van der Waals surface area contributed by atoms with E-state index < -0.39 is 60.4 Å². The van der Waals surface area contributed by atoms with E-state index >= 15 is 0 Å². The number of hydrogen-bond donors (Lipinski definition) is 6. The third kappa shape index (κ3) is 12.3. The highest BCUT2D eigenvalue weighted by atomic mass is 79.9. The van der Waals surface area contributed by atoms with Crippen molar-refractivity contribution in [3.8, 4) is 21.1 Å². The van der Waals surface area contributed by atoms with Crippen LogP contribution in [0.4, 0.5) is 61.6 Å². The van der Waals surface area contributed by atoms with Crippen molar-refractivity contribution in [2.24, 2.45) is 35.5 Å². The fourth-order valence-corrected chi connectivity index (χ4v) is 10.7. The van der Waals surface area contributed by atoms with Gasteiger partial charge in [0.2, 0.25) is 29.7 Å². The molecule has 6 aromatic heterocycles. The van der Waals surface area contributed by atoms with E-state index in [1.54, 1.807) is 50.7 Å². The fourth-order valence-electron chi connectivity index (χ4n) is 8.38. The molecule has 0 spiro atoms. The van der Waals surface area contributed by atoms with E-state index in [9.17, 15) is 35.9 Å². The van der Waals surface area contributed by atoms with Gasteiger partial charge in [-0.1, -0.05) is 7.43 Å². The van der Waals surface area contributed by atoms with Crippen molar-refractivity contribution in [3.05, 3.63) is 57.2 Å². The van der Waals surface area contributed by atoms with Crippen LogP contribution in [-0.4, -0.2) is 143 Å². The first-order valence-electron chi connectivity index (χ1n) is 21.7. The van der Waals surface area contributed by atoms with Crippen molar-refractivity contribution >= 4 is 110 Å². The van der Waals surface area contributed by atoms with Gasteiger partial charge in [-0.3, -0.25) is 9.59 Å². The second kappa shape index (κ2) is 22.0. The minimum absolute atomic E-state index is 0. The SMILES string of the molecule is C.CC(=O)Nc1csc(-c2cnc(N3CC4C(C3)C4(F)F)nc2)n1.CC(=O)Nc1csc(Br)n1.CO.Nc1csc(-c2cnc(N3CC4C(C3)C4(F)F)nc2)n1.OB(O)c1cnc(N2CC3C(C2)C3(F)F)nc1. The van der Waals surface area contributed by atoms with Crippen molar-refractivity contribution in [3.63, 3.8) is 0 Å². The van der Waals surface area contributed by atoms with Crippen LogP contribution in [0.2, 0.25) is 0 Å². The monoisotopic (exact) mass is 1140 g/mol. The normalized spacial score (nSPS) is 23.1. The molecule has 7 N–H and O–H groups in total. The first-order valence-corrected chi connectivity index (χ1v) is 25.1. The molecule has 20 nitrogen and oxygen atoms in total. The van der Waals surface area contributed by atoms with E-state index in [2.05, 4.69) is 71.4 Å². The number of thiazole rings is 3. The second-order valence-corrected chi connectivity index (χ2v) is 20.9. The molecule has 0 bridgehead atoms. The number of aromatic nitrogens is 9. The number of nitrogen functional groups attached to an aromatic ring is 1. The van der Waals surface area contributed by atoms with E-state index in [0.29, 0.717) is 66.5 Å². The lowest BCUT2D eigenvalue weighted by Gasteiger charge is -2.19. The van der Waals surface area contributed by atoms with E-state index in [0.717, 1.165) is 27.2 Å². The highest BCUT2D eigenvalue weighted by molar-refractivity contribution is 9.11. The van der Waals surface area contributed by atoms with Crippen LogP contribution in [0.5, 0.6) is 0 Å². The maximum atomic E-state index is 13.2. The number of nitrogens with one attached hydrogen (secondary N) is 2. The molecule has 6 aromatic rings. The minimum atomic E-state index is -2.52. The molecule has 31 heteroatoms. The summed E-state index contributed by atoms with van der Waals surface area (Å²) in [6, 6.07) is 0. The number of nitrogens with two attached hydrogens (primary N) is 1. The molecule has 6 unspecified atom stereocenters. The van der Waals surface area contributed by atoms with Gasteiger partial charge in [0.1, 0.15) is 27.5 Å². The summed E-state index contributed by atoms with van der Waals surface area (Å²) in [5.74, 6) is -8.19. The minimum Gasteiger partial charge on any atom is -0.423 e. The summed E-state index contributed by atoms with van der Waals surface area (Å²) in [7, 11) is -0.611. The van der Waals surface area contributed by atoms with Crippen molar-refractivity contribution in [1.29, 1.82) is 0 Å². The molecule has 9 heterocycles. The largest absolute Gasteiger partial charge is 0.491 e. The van der Waals surface area contributed by atoms with Crippen LogP contribution in [0.15, 0.2) is 57.2 Å². The second-order valence-electron chi connectivity index (χ2n) is 17.1. The van der Waals surface area contributed by atoms with Crippen LogP contribution in [-0.2, 0) is 9.59 Å². The number of carbonyl (C=O) groups excluding carboxylic acids is 2. The molecule has 6 fully saturated rings. The molecular formula is C42H47BBrF6N15O5S3. The number of aliphatic hydroxyl groups is 1. The zero-order valence-electron chi connectivity index (χ0n) is 38.0. The van der Waals surface area contributed by atoms with Gasteiger partial charge in [0.25, 0.3) is 17.8 Å². The van der Waals surface area contributed by atoms with Crippen molar-refractivity contribution in [2.75, 3.05) is 77.4 Å². The average molecular weight is 1140 g/mol. The van der Waals surface area contributed by atoms with Gasteiger partial charge in [-0.2, -0.15) is 0 Å². The van der Waals surface area contributed by atoms with Gasteiger partial charge in [-0.05, 0) is 15.9 Å². The Labute approximate surface area is 433 Å². The van der Waals surface area contributed by atoms with Gasteiger partial charge < -0.3 is 46.2 Å². The maximum Gasteiger partial charge on any atom is 0.491 e. The lowest BCUT2D eigenvalue weighted by atomic mass is 9.83. The molecule has 73 heavy (non-hydrogen) atoms. The van der Waals surface area contributed by atoms with Crippen LogP contribution in [0, 0.1) is 35.5 Å². The Kier molecular flexibility index (Phi) is 16.6. The highest BCUT2D eigenvalue weighted by Crippen LogP contribution is 2.61. The molecular weight excluding hydrogens is 1100 g/mol. The number of fused-ring (bicyclic) bond motifs is 3. The number of hydrogen-bond acceptors (Lipinski definition) is 21. The van der Waals surface area contributed by atoms with Crippen LogP contribution in [0.1, 0.15) is 21.3 Å². The molecule has 12 rings (SSSR count). The Bertz CT molecular complexity index is 2820. The van der Waals surface area contributed by atoms with Gasteiger partial charge in [0.05, 0.1) is 35.5 Å². The van der Waals surface area contributed by atoms with E-state index in [1.165, 1.54) is 60.3 Å². The third-order valence-corrected chi connectivity index (χ3v) is 15.5. The molecule has 0 radical (unpaired) electrons. The maximum absolute atomic E-state index is 13.2. The molecule has 3 aliphatic heterocycles. The molecule has 3 aliphatic carbocycles. The number of alkyl halides is 6. The van der Waals surface area contributed by atoms with Gasteiger partial charge in [0, 0.05) is 130 Å². The summed E-state index contributed by atoms with van der Waals surface area (Å²) >= 11 is 7.41. The van der Waals surface area contributed by atoms with E-state index in [1.807, 2.05) is 4.90 Å². The Morgan fingerprint density at radius 2 is 0.932 bits per heavy atom. The molecule has 0 aromatic carbocycles. The summed E-state index contributed by atoms with van der Waals surface area (Å²) < 4.78 is 79.4. The number of amides is 2. The number of rotatable bonds is 8. The van der Waals surface area contributed by atoms with Crippen LogP contribution >= 0.6 is 49.9 Å². The standard InChI is InChI=1S/C14H13F2N5OS.C12H11F2N5S.C9H10BF2N3O2.C5H5BrN2OS.CH4O.CH4/c1-7(22)19-11-6-23-12(20-11)8-2-17-13(18-3-8)21-4-9-10(5-21)14(9,15)16;13-12(14)7-3-19(4-8(7)12)11-16-1-6(2-17-11)10-18-9(15)5-20-10;11-9(12)6-3-15(4-7(6)9)8-13-1-5(2-14-8)10(16)17;1-3(9)7-4-2-10-5(6)8-4;1-2;/h2-3,6,9-10H,4-5H2,1H3,(H,19,22);1-2,5,7-8H,3-4,15H2;1-2,6-7,16-17H,3-4H2;2H,1H3,(H,7,9);2H,1H3;1H4. The Morgan fingerprint density at radius 1 is 0.603 bits per heavy atom. The van der Waals surface area contributed by atoms with Crippen LogP contribution in [0.3, 0.4) is 0 Å². The van der Waals surface area contributed by atoms with Crippen molar-refractivity contribution in [2.45, 2.75) is 39.0 Å². The zero-order chi connectivity index (χ0) is 51.9. The van der Waals surface area contributed by atoms with Crippen molar-refractivity contribution < 1.29 is 51.1 Å². The molecule has 6 aliphatic rings. The number of nitrogens with zero attached hydrogens (tertiary/aromatic N) is 12. The first kappa shape index (κ1) is 55.0. The number of aliphatic hydroxyl groups excluding tert-OH is 1. The Hall–Kier alpha value is -5.73. The van der Waals surface area contributed by atoms with Gasteiger partial charge in [0.15, 0.2) is 3.92 Å². The smallest absolute Gasteiger partial charge is 0.423 e. The molecule has 390 valence electrons. The number of halogens is 7. The van der Waals surface area contributed by atoms with E-state index in [-0.39, 0.29) is 37.8 Å². The van der Waals surface area contributed by atoms with E-state index in [4.69, 9.17) is 20.9 Å². The lowest BCUT2D eigenvalue weighted by molar-refractivity contribution is -0.115. The Morgan fingerprint density at radius 3 is 1.25 bits per heavy atom. The zero-order valence-corrected chi connectivity index (χ0v) is 42.0. The summed E-state index contributed by atoms with van der Waals surface area (Å²) in [6.07, 6.45) is 9.14. The Balaban J connectivity index is 0.000000145. The van der Waals surface area contributed by atoms with Gasteiger partial charge >= 0.3 is 7.12 Å². The van der Waals surface area contributed by atoms with Gasteiger partial charge in [-0.25, -0.2) is 71.2 Å². The fraction of sp³-hybridized carbons (Fsp3) is 0.452. The molecule has 2 amide bonds. The number of carbonyl (C=O) groups is 2. The predicted molar refractivity (Wildman–Crippen MR) is 268 cm³/mol. The summed E-state index contributed by atoms with van der Waals surface area (Å²) in [4.78, 5) is 64.0.